The Morgan fingerprint density at radius 2 is 1.95 bits per heavy atom. The van der Waals surface area contributed by atoms with Crippen LogP contribution in [0, 0.1) is 5.92 Å². The first-order valence-electron chi connectivity index (χ1n) is 7.30. The number of aliphatic hydroxyl groups is 2. The average Bonchev–Trinajstić information content (AvgIpc) is 2.92. The number of Topliss-reactive ketones (excluding diaryl/α,β-unsaturated/α-hetero) is 1. The molecule has 0 fully saturated rings. The maximum absolute atomic E-state index is 11.9. The molecule has 124 valence electrons. The van der Waals surface area contributed by atoms with Gasteiger partial charge >= 0.3 is 5.97 Å². The summed E-state index contributed by atoms with van der Waals surface area (Å²) < 4.78 is 4.48. The van der Waals surface area contributed by atoms with Crippen LogP contribution in [0.2, 0.25) is 0 Å². The minimum atomic E-state index is -1.14. The molecule has 5 nitrogen and oxygen atoms in total. The lowest BCUT2D eigenvalue weighted by Gasteiger charge is -2.31. The fourth-order valence-corrected chi connectivity index (χ4v) is 3.08. The van der Waals surface area contributed by atoms with Crippen LogP contribution in [0.3, 0.4) is 0 Å². The second-order valence-corrected chi connectivity index (χ2v) is 7.01. The first kappa shape index (κ1) is 18.8. The van der Waals surface area contributed by atoms with E-state index in [2.05, 4.69) is 4.74 Å². The topological polar surface area (TPSA) is 83.8 Å². The molecule has 0 radical (unpaired) electrons. The van der Waals surface area contributed by atoms with Gasteiger partial charge in [0.05, 0.1) is 19.3 Å². The van der Waals surface area contributed by atoms with Crippen LogP contribution in [0.25, 0.3) is 0 Å². The number of hydrogen-bond donors (Lipinski definition) is 2. The zero-order chi connectivity index (χ0) is 16.8. The normalized spacial score (nSPS) is 13.9. The number of rotatable bonds is 9. The lowest BCUT2D eigenvalue weighted by molar-refractivity contribution is -0.144. The van der Waals surface area contributed by atoms with Gasteiger partial charge in [-0.3, -0.25) is 9.59 Å². The zero-order valence-corrected chi connectivity index (χ0v) is 14.1. The fraction of sp³-hybridized carbons (Fsp3) is 0.625. The summed E-state index contributed by atoms with van der Waals surface area (Å²) in [7, 11) is 1.24. The third-order valence-corrected chi connectivity index (χ3v) is 4.95. The minimum Gasteiger partial charge on any atom is -0.469 e. The van der Waals surface area contributed by atoms with Gasteiger partial charge in [0, 0.05) is 16.2 Å². The van der Waals surface area contributed by atoms with Crippen LogP contribution in [0.5, 0.6) is 0 Å². The van der Waals surface area contributed by atoms with Crippen molar-refractivity contribution in [1.82, 2.24) is 0 Å². The molecule has 0 bridgehead atoms. The van der Waals surface area contributed by atoms with Crippen LogP contribution >= 0.6 is 11.3 Å². The van der Waals surface area contributed by atoms with E-state index < -0.39 is 11.6 Å². The van der Waals surface area contributed by atoms with Crippen molar-refractivity contribution in [3.63, 3.8) is 0 Å². The van der Waals surface area contributed by atoms with Gasteiger partial charge in [-0.05, 0) is 30.9 Å². The summed E-state index contributed by atoms with van der Waals surface area (Å²) in [5.74, 6) is -1.00. The Balaban J connectivity index is 2.65. The van der Waals surface area contributed by atoms with E-state index in [0.29, 0.717) is 12.8 Å². The number of carbonyl (C=O) groups is 2. The minimum absolute atomic E-state index is 0.0106. The smallest absolute Gasteiger partial charge is 0.313 e. The predicted octanol–water partition coefficient (Wildman–Crippen LogP) is 2.08. The zero-order valence-electron chi connectivity index (χ0n) is 13.3. The molecule has 1 aromatic heterocycles. The van der Waals surface area contributed by atoms with Crippen LogP contribution in [-0.4, -0.2) is 34.7 Å². The van der Waals surface area contributed by atoms with Gasteiger partial charge in [-0.15, -0.1) is 11.3 Å². The molecule has 6 heteroatoms. The summed E-state index contributed by atoms with van der Waals surface area (Å²) in [4.78, 5) is 25.0. The lowest BCUT2D eigenvalue weighted by atomic mass is 9.81. The molecule has 0 aliphatic rings. The average molecular weight is 328 g/mol. The number of thiophene rings is 1. The number of ether oxygens (including phenoxy) is 1. The Bertz CT molecular complexity index is 508. The summed E-state index contributed by atoms with van der Waals surface area (Å²) in [6.07, 6.45) is 0.699. The van der Waals surface area contributed by atoms with Gasteiger partial charge in [0.1, 0.15) is 12.2 Å². The third kappa shape index (κ3) is 5.51. The van der Waals surface area contributed by atoms with Gasteiger partial charge in [-0.2, -0.15) is 0 Å². The number of carbonyl (C=O) groups excluding carboxylic acids is 2. The second kappa shape index (κ2) is 8.41. The predicted molar refractivity (Wildman–Crippen MR) is 84.6 cm³/mol. The third-order valence-electron chi connectivity index (χ3n) is 3.82. The van der Waals surface area contributed by atoms with Crippen molar-refractivity contribution >= 4 is 23.1 Å². The summed E-state index contributed by atoms with van der Waals surface area (Å²) in [6.45, 7) is 3.73. The molecule has 2 N–H and O–H groups in total. The van der Waals surface area contributed by atoms with E-state index in [1.54, 1.807) is 0 Å². The molecular weight excluding hydrogens is 304 g/mol. The molecule has 1 rings (SSSR count). The van der Waals surface area contributed by atoms with E-state index in [1.165, 1.54) is 18.4 Å². The number of esters is 1. The molecule has 0 spiro atoms. The SMILES string of the molecule is COC(=O)CC(=O)CC(O)(CCc1ccc(CO)s1)C(C)C. The van der Waals surface area contributed by atoms with Gasteiger partial charge in [0.2, 0.25) is 0 Å². The van der Waals surface area contributed by atoms with E-state index in [4.69, 9.17) is 5.11 Å². The first-order valence-corrected chi connectivity index (χ1v) is 8.11. The van der Waals surface area contributed by atoms with Crippen LogP contribution < -0.4 is 0 Å². The Morgan fingerprint density at radius 3 is 2.45 bits per heavy atom. The maximum Gasteiger partial charge on any atom is 0.313 e. The highest BCUT2D eigenvalue weighted by Gasteiger charge is 2.33. The Morgan fingerprint density at radius 1 is 1.32 bits per heavy atom. The first-order chi connectivity index (χ1) is 10.3. The largest absolute Gasteiger partial charge is 0.469 e. The van der Waals surface area contributed by atoms with E-state index in [0.717, 1.165) is 9.75 Å². The summed E-state index contributed by atoms with van der Waals surface area (Å²) in [5, 5.41) is 19.8. The highest BCUT2D eigenvalue weighted by molar-refractivity contribution is 7.11. The van der Waals surface area contributed by atoms with E-state index in [9.17, 15) is 14.7 Å². The van der Waals surface area contributed by atoms with Crippen molar-refractivity contribution in [2.45, 2.75) is 51.7 Å². The number of aliphatic hydroxyl groups excluding tert-OH is 1. The maximum atomic E-state index is 11.9. The molecule has 1 unspecified atom stereocenters. The van der Waals surface area contributed by atoms with Crippen molar-refractivity contribution < 1.29 is 24.5 Å². The van der Waals surface area contributed by atoms with Gasteiger partial charge < -0.3 is 14.9 Å². The Hall–Kier alpha value is -1.24. The second-order valence-electron chi connectivity index (χ2n) is 5.75. The molecule has 0 amide bonds. The molecule has 0 aliphatic carbocycles. The molecule has 0 saturated carbocycles. The molecule has 1 aromatic rings. The van der Waals surface area contributed by atoms with Crippen LogP contribution in [0.1, 0.15) is 42.9 Å². The Labute approximate surface area is 134 Å². The summed E-state index contributed by atoms with van der Waals surface area (Å²) in [5.41, 5.74) is -1.14. The van der Waals surface area contributed by atoms with E-state index in [1.807, 2.05) is 26.0 Å². The fourth-order valence-electron chi connectivity index (χ4n) is 2.20. The number of methoxy groups -OCH3 is 1. The lowest BCUT2D eigenvalue weighted by Crippen LogP contribution is -2.38. The standard InChI is InChI=1S/C16H24O5S/c1-11(2)16(20,9-12(18)8-15(19)21-3)7-6-13-4-5-14(10-17)22-13/h4-5,11,17,20H,6-10H2,1-3H3. The van der Waals surface area contributed by atoms with Crippen molar-refractivity contribution in [2.75, 3.05) is 7.11 Å². The molecule has 1 atom stereocenters. The Kier molecular flexibility index (Phi) is 7.19. The summed E-state index contributed by atoms with van der Waals surface area (Å²) in [6, 6.07) is 3.78. The molecule has 0 aliphatic heterocycles. The number of aryl methyl sites for hydroxylation is 1. The van der Waals surface area contributed by atoms with Crippen LogP contribution in [-0.2, 0) is 27.4 Å². The summed E-state index contributed by atoms with van der Waals surface area (Å²) >= 11 is 1.50. The number of hydrogen-bond acceptors (Lipinski definition) is 6. The van der Waals surface area contributed by atoms with E-state index >= 15 is 0 Å². The van der Waals surface area contributed by atoms with Crippen molar-refractivity contribution in [3.8, 4) is 0 Å². The van der Waals surface area contributed by atoms with Crippen molar-refractivity contribution in [1.29, 1.82) is 0 Å². The molecule has 0 aromatic carbocycles. The van der Waals surface area contributed by atoms with Gasteiger partial charge in [-0.25, -0.2) is 0 Å². The molecule has 1 heterocycles. The van der Waals surface area contributed by atoms with E-state index in [-0.39, 0.29) is 31.1 Å². The monoisotopic (exact) mass is 328 g/mol. The van der Waals surface area contributed by atoms with Gasteiger partial charge in [0.25, 0.3) is 0 Å². The van der Waals surface area contributed by atoms with Crippen LogP contribution in [0.4, 0.5) is 0 Å². The van der Waals surface area contributed by atoms with Crippen molar-refractivity contribution in [2.24, 2.45) is 5.92 Å². The highest BCUT2D eigenvalue weighted by Crippen LogP contribution is 2.29. The molecule has 0 saturated heterocycles. The molecular formula is C16H24O5S. The van der Waals surface area contributed by atoms with Gasteiger partial charge in [0.15, 0.2) is 0 Å². The van der Waals surface area contributed by atoms with Crippen LogP contribution in [0.15, 0.2) is 12.1 Å². The van der Waals surface area contributed by atoms with Gasteiger partial charge in [-0.1, -0.05) is 13.8 Å². The van der Waals surface area contributed by atoms with Crippen molar-refractivity contribution in [3.05, 3.63) is 21.9 Å². The molecule has 22 heavy (non-hydrogen) atoms. The highest BCUT2D eigenvalue weighted by atomic mass is 32.1. The quantitative estimate of drug-likeness (QED) is 0.535. The number of ketones is 1.